The van der Waals surface area contributed by atoms with E-state index in [0.717, 1.165) is 0 Å². The van der Waals surface area contributed by atoms with Gasteiger partial charge in [0.05, 0.1) is 7.11 Å². The summed E-state index contributed by atoms with van der Waals surface area (Å²) < 4.78 is 10.2. The van der Waals surface area contributed by atoms with Gasteiger partial charge >= 0.3 is 12.1 Å². The molecule has 0 aromatic rings. The Bertz CT molecular complexity index is 370. The van der Waals surface area contributed by atoms with Gasteiger partial charge in [-0.2, -0.15) is 0 Å². The number of hydrogen-bond acceptors (Lipinski definition) is 4. The molecule has 0 bridgehead atoms. The maximum atomic E-state index is 12.3. The van der Waals surface area contributed by atoms with Crippen LogP contribution in [0.2, 0.25) is 0 Å². The molecule has 1 aliphatic heterocycles. The summed E-state index contributed by atoms with van der Waals surface area (Å²) in [6.45, 7) is 11.4. The molecule has 1 rings (SSSR count). The van der Waals surface area contributed by atoms with E-state index in [0.29, 0.717) is 6.42 Å². The van der Waals surface area contributed by atoms with E-state index >= 15 is 0 Å². The van der Waals surface area contributed by atoms with Gasteiger partial charge in [0, 0.05) is 6.04 Å². The van der Waals surface area contributed by atoms with Crippen LogP contribution in [0, 0.1) is 5.41 Å². The molecule has 2 atom stereocenters. The minimum absolute atomic E-state index is 0.0774. The molecule has 1 fully saturated rings. The number of likely N-dealkylation sites (tertiary alicyclic amines) is 1. The van der Waals surface area contributed by atoms with Crippen LogP contribution < -0.4 is 0 Å². The fourth-order valence-electron chi connectivity index (χ4n) is 2.35. The number of amides is 1. The Labute approximate surface area is 115 Å². The Kier molecular flexibility index (Phi) is 4.17. The fraction of sp³-hybridized carbons (Fsp3) is 0.857. The SMILES string of the molecule is COC(=O)[C@@H]1CC(C)(C)[C@@H](C)N1C(=O)OC(C)(C)C. The van der Waals surface area contributed by atoms with Gasteiger partial charge < -0.3 is 9.47 Å². The minimum atomic E-state index is -0.579. The van der Waals surface area contributed by atoms with Crippen LogP contribution in [0.5, 0.6) is 0 Å². The molecule has 1 aliphatic rings. The topological polar surface area (TPSA) is 55.8 Å². The van der Waals surface area contributed by atoms with Crippen molar-refractivity contribution >= 4 is 12.1 Å². The molecule has 0 unspecified atom stereocenters. The second kappa shape index (κ2) is 5.02. The van der Waals surface area contributed by atoms with Gasteiger partial charge in [-0.3, -0.25) is 4.90 Å². The van der Waals surface area contributed by atoms with Crippen LogP contribution in [-0.4, -0.2) is 41.8 Å². The number of nitrogens with zero attached hydrogens (tertiary/aromatic N) is 1. The summed E-state index contributed by atoms with van der Waals surface area (Å²) in [5.74, 6) is -0.386. The van der Waals surface area contributed by atoms with Crippen molar-refractivity contribution in [3.63, 3.8) is 0 Å². The number of rotatable bonds is 1. The first-order chi connectivity index (χ1) is 8.49. The Hall–Kier alpha value is -1.26. The smallest absolute Gasteiger partial charge is 0.411 e. The molecule has 0 aliphatic carbocycles. The summed E-state index contributed by atoms with van der Waals surface area (Å²) in [5.41, 5.74) is -0.722. The normalized spacial score (nSPS) is 26.2. The quantitative estimate of drug-likeness (QED) is 0.688. The van der Waals surface area contributed by atoms with Crippen LogP contribution in [0.15, 0.2) is 0 Å². The summed E-state index contributed by atoms with van der Waals surface area (Å²) >= 11 is 0. The molecule has 19 heavy (non-hydrogen) atoms. The molecule has 0 radical (unpaired) electrons. The zero-order chi connectivity index (χ0) is 15.0. The molecule has 1 saturated heterocycles. The molecule has 110 valence electrons. The number of carbonyl (C=O) groups is 2. The average molecular weight is 271 g/mol. The zero-order valence-electron chi connectivity index (χ0n) is 12.9. The minimum Gasteiger partial charge on any atom is -0.467 e. The first-order valence-electron chi connectivity index (χ1n) is 6.59. The predicted molar refractivity (Wildman–Crippen MR) is 71.7 cm³/mol. The zero-order valence-corrected chi connectivity index (χ0v) is 12.9. The molecule has 0 N–H and O–H groups in total. The van der Waals surface area contributed by atoms with Crippen LogP contribution >= 0.6 is 0 Å². The highest BCUT2D eigenvalue weighted by atomic mass is 16.6. The molecule has 0 aromatic carbocycles. The van der Waals surface area contributed by atoms with E-state index in [1.54, 1.807) is 0 Å². The van der Waals surface area contributed by atoms with E-state index in [1.807, 2.05) is 41.5 Å². The Morgan fingerprint density at radius 3 is 2.21 bits per heavy atom. The van der Waals surface area contributed by atoms with E-state index in [1.165, 1.54) is 12.0 Å². The lowest BCUT2D eigenvalue weighted by atomic mass is 9.84. The third kappa shape index (κ3) is 3.39. The first-order valence-corrected chi connectivity index (χ1v) is 6.59. The van der Waals surface area contributed by atoms with Crippen molar-refractivity contribution in [2.75, 3.05) is 7.11 Å². The Balaban J connectivity index is 2.99. The maximum Gasteiger partial charge on any atom is 0.411 e. The Morgan fingerprint density at radius 2 is 1.79 bits per heavy atom. The third-order valence-corrected chi connectivity index (χ3v) is 3.68. The fourth-order valence-corrected chi connectivity index (χ4v) is 2.35. The molecule has 0 spiro atoms. The van der Waals surface area contributed by atoms with Crippen molar-refractivity contribution < 1.29 is 19.1 Å². The second-order valence-corrected chi connectivity index (χ2v) is 6.80. The van der Waals surface area contributed by atoms with Gasteiger partial charge in [-0.25, -0.2) is 9.59 Å². The molecule has 0 aromatic heterocycles. The van der Waals surface area contributed by atoms with Crippen molar-refractivity contribution in [1.82, 2.24) is 4.90 Å². The number of esters is 1. The van der Waals surface area contributed by atoms with Gasteiger partial charge in [-0.1, -0.05) is 13.8 Å². The summed E-state index contributed by atoms with van der Waals surface area (Å²) in [6.07, 6.45) is 0.126. The van der Waals surface area contributed by atoms with E-state index in [9.17, 15) is 9.59 Å². The summed E-state index contributed by atoms with van der Waals surface area (Å²) in [5, 5.41) is 0. The van der Waals surface area contributed by atoms with E-state index < -0.39 is 17.7 Å². The van der Waals surface area contributed by atoms with E-state index in [-0.39, 0.29) is 17.4 Å². The molecule has 0 saturated carbocycles. The largest absolute Gasteiger partial charge is 0.467 e. The molecular weight excluding hydrogens is 246 g/mol. The second-order valence-electron chi connectivity index (χ2n) is 6.80. The van der Waals surface area contributed by atoms with Gasteiger partial charge in [0.1, 0.15) is 11.6 Å². The summed E-state index contributed by atoms with van der Waals surface area (Å²) in [4.78, 5) is 25.7. The molecule has 5 nitrogen and oxygen atoms in total. The van der Waals surface area contributed by atoms with Crippen molar-refractivity contribution in [3.05, 3.63) is 0 Å². The predicted octanol–water partition coefficient (Wildman–Crippen LogP) is 2.58. The van der Waals surface area contributed by atoms with E-state index in [2.05, 4.69) is 0 Å². The number of hydrogen-bond donors (Lipinski definition) is 0. The molecule has 1 amide bonds. The van der Waals surface area contributed by atoms with Gasteiger partial charge in [-0.15, -0.1) is 0 Å². The number of carbonyl (C=O) groups excluding carboxylic acids is 2. The molecule has 5 heteroatoms. The average Bonchev–Trinajstić information content (AvgIpc) is 2.47. The van der Waals surface area contributed by atoms with Crippen molar-refractivity contribution in [2.45, 2.75) is 65.6 Å². The maximum absolute atomic E-state index is 12.3. The highest BCUT2D eigenvalue weighted by Gasteiger charge is 2.50. The van der Waals surface area contributed by atoms with Crippen molar-refractivity contribution in [2.24, 2.45) is 5.41 Å². The van der Waals surface area contributed by atoms with Gasteiger partial charge in [0.15, 0.2) is 0 Å². The van der Waals surface area contributed by atoms with Crippen LogP contribution in [-0.2, 0) is 14.3 Å². The Morgan fingerprint density at radius 1 is 1.26 bits per heavy atom. The van der Waals surface area contributed by atoms with Gasteiger partial charge in [0.25, 0.3) is 0 Å². The van der Waals surface area contributed by atoms with Crippen LogP contribution in [0.4, 0.5) is 4.79 Å². The lowest BCUT2D eigenvalue weighted by molar-refractivity contribution is -0.146. The molecular formula is C14H25NO4. The van der Waals surface area contributed by atoms with Crippen LogP contribution in [0.25, 0.3) is 0 Å². The first kappa shape index (κ1) is 15.8. The van der Waals surface area contributed by atoms with Crippen LogP contribution in [0.1, 0.15) is 48.0 Å². The van der Waals surface area contributed by atoms with Crippen LogP contribution in [0.3, 0.4) is 0 Å². The van der Waals surface area contributed by atoms with Crippen molar-refractivity contribution in [3.8, 4) is 0 Å². The number of methoxy groups -OCH3 is 1. The molecule has 1 heterocycles. The third-order valence-electron chi connectivity index (χ3n) is 3.68. The lowest BCUT2D eigenvalue weighted by Crippen LogP contribution is -2.47. The summed E-state index contributed by atoms with van der Waals surface area (Å²) in [7, 11) is 1.34. The lowest BCUT2D eigenvalue weighted by Gasteiger charge is -2.32. The highest BCUT2D eigenvalue weighted by Crippen LogP contribution is 2.41. The summed E-state index contributed by atoms with van der Waals surface area (Å²) in [6, 6.07) is -0.642. The van der Waals surface area contributed by atoms with Gasteiger partial charge in [0.2, 0.25) is 0 Å². The number of ether oxygens (including phenoxy) is 2. The van der Waals surface area contributed by atoms with Gasteiger partial charge in [-0.05, 0) is 39.5 Å². The van der Waals surface area contributed by atoms with E-state index in [4.69, 9.17) is 9.47 Å². The highest BCUT2D eigenvalue weighted by molar-refractivity contribution is 5.82. The van der Waals surface area contributed by atoms with Crippen molar-refractivity contribution in [1.29, 1.82) is 0 Å². The monoisotopic (exact) mass is 271 g/mol. The standard InChI is InChI=1S/C14H25NO4/c1-9-14(5,6)8-10(11(16)18-7)15(9)12(17)19-13(2,3)4/h9-10H,8H2,1-7H3/t9-,10+/m1/s1.